The Labute approximate surface area is 102 Å². The van der Waals surface area contributed by atoms with Crippen LogP contribution in [0.5, 0.6) is 0 Å². The minimum absolute atomic E-state index is 0.129. The molecule has 5 nitrogen and oxygen atoms in total. The third kappa shape index (κ3) is 9.39. The van der Waals surface area contributed by atoms with Gasteiger partial charge < -0.3 is 15.7 Å². The van der Waals surface area contributed by atoms with Gasteiger partial charge in [-0.15, -0.1) is 6.42 Å². The number of aliphatic carboxylic acids is 1. The Hall–Kier alpha value is -1.54. The van der Waals surface area contributed by atoms with Gasteiger partial charge in [-0.1, -0.05) is 19.3 Å². The summed E-state index contributed by atoms with van der Waals surface area (Å²) in [5.74, 6) is 0.356. The van der Waals surface area contributed by atoms with Gasteiger partial charge >= 0.3 is 5.97 Å². The maximum Gasteiger partial charge on any atom is 0.381 e. The number of carboxylic acid groups (broad SMARTS) is 1. The Morgan fingerprint density at radius 2 is 1.88 bits per heavy atom. The Balaban J connectivity index is 0.000000437. The van der Waals surface area contributed by atoms with Gasteiger partial charge in [0.05, 0.1) is 6.54 Å². The molecular weight excluding hydrogens is 220 g/mol. The van der Waals surface area contributed by atoms with E-state index >= 15 is 0 Å². The van der Waals surface area contributed by atoms with E-state index < -0.39 is 5.97 Å². The van der Waals surface area contributed by atoms with Gasteiger partial charge in [-0.3, -0.25) is 4.79 Å². The second kappa shape index (κ2) is 9.67. The third-order valence-electron chi connectivity index (χ3n) is 2.43. The van der Waals surface area contributed by atoms with Crippen molar-refractivity contribution in [3.05, 3.63) is 0 Å². The molecule has 0 radical (unpaired) electrons. The third-order valence-corrected chi connectivity index (χ3v) is 2.43. The number of likely N-dealkylation sites (N-methyl/N-ethyl adjacent to an activating group) is 1. The van der Waals surface area contributed by atoms with E-state index in [9.17, 15) is 4.79 Å². The molecule has 3 N–H and O–H groups in total. The van der Waals surface area contributed by atoms with Crippen molar-refractivity contribution in [1.29, 1.82) is 0 Å². The molecule has 0 bridgehead atoms. The normalized spacial score (nSPS) is 15.1. The summed E-state index contributed by atoms with van der Waals surface area (Å²) >= 11 is 0. The van der Waals surface area contributed by atoms with Crippen LogP contribution in [0, 0.1) is 12.3 Å². The highest BCUT2D eigenvalue weighted by Gasteiger charge is 2.14. The number of carboxylic acids is 1. The maximum atomic E-state index is 11.1. The van der Waals surface area contributed by atoms with Crippen molar-refractivity contribution in [2.45, 2.75) is 38.1 Å². The van der Waals surface area contributed by atoms with Gasteiger partial charge in [0.15, 0.2) is 0 Å². The van der Waals surface area contributed by atoms with E-state index in [1.54, 1.807) is 7.05 Å². The zero-order valence-corrected chi connectivity index (χ0v) is 10.2. The molecule has 0 aromatic rings. The summed E-state index contributed by atoms with van der Waals surface area (Å²) in [6.45, 7) is 0.441. The van der Waals surface area contributed by atoms with Crippen molar-refractivity contribution in [3.63, 3.8) is 0 Å². The van der Waals surface area contributed by atoms with E-state index in [-0.39, 0.29) is 5.91 Å². The smallest absolute Gasteiger partial charge is 0.381 e. The lowest BCUT2D eigenvalue weighted by molar-refractivity contribution is -0.130. The van der Waals surface area contributed by atoms with E-state index in [0.717, 1.165) is 12.8 Å². The van der Waals surface area contributed by atoms with Crippen LogP contribution in [-0.4, -0.2) is 36.6 Å². The molecule has 1 aliphatic carbocycles. The van der Waals surface area contributed by atoms with Crippen molar-refractivity contribution in [3.8, 4) is 12.3 Å². The van der Waals surface area contributed by atoms with Crippen LogP contribution in [0.1, 0.15) is 32.1 Å². The predicted molar refractivity (Wildman–Crippen MR) is 65.4 cm³/mol. The van der Waals surface area contributed by atoms with Crippen LogP contribution in [0.4, 0.5) is 0 Å². The number of carbonyl (C=O) groups excluding carboxylic acids is 1. The predicted octanol–water partition coefficient (Wildman–Crippen LogP) is 0.359. The number of nitrogens with one attached hydrogen (secondary N) is 2. The Morgan fingerprint density at radius 3 is 2.29 bits per heavy atom. The molecule has 0 aromatic carbocycles. The topological polar surface area (TPSA) is 78.4 Å². The fraction of sp³-hybridized carbons (Fsp3) is 0.667. The van der Waals surface area contributed by atoms with Gasteiger partial charge in [0.2, 0.25) is 5.91 Å². The van der Waals surface area contributed by atoms with Crippen LogP contribution >= 0.6 is 0 Å². The van der Waals surface area contributed by atoms with E-state index in [1.165, 1.54) is 25.2 Å². The Bertz CT molecular complexity index is 278. The standard InChI is InChI=1S/C9H18N2O.C3H2O2/c1-10-7-9(12)11-8-5-3-2-4-6-8;1-2-3(4)5/h8,10H,2-7H2,1H3,(H,11,12);1H,(H,4,5). The highest BCUT2D eigenvalue weighted by atomic mass is 16.4. The van der Waals surface area contributed by atoms with Crippen LogP contribution in [-0.2, 0) is 9.59 Å². The lowest BCUT2D eigenvalue weighted by atomic mass is 9.95. The first kappa shape index (κ1) is 15.5. The van der Waals surface area contributed by atoms with Gasteiger partial charge in [-0.2, -0.15) is 0 Å². The fourth-order valence-electron chi connectivity index (χ4n) is 1.69. The van der Waals surface area contributed by atoms with Crippen molar-refractivity contribution < 1.29 is 14.7 Å². The molecule has 1 fully saturated rings. The zero-order chi connectivity index (χ0) is 13.1. The van der Waals surface area contributed by atoms with E-state index in [2.05, 4.69) is 17.1 Å². The van der Waals surface area contributed by atoms with Crippen molar-refractivity contribution in [1.82, 2.24) is 10.6 Å². The van der Waals surface area contributed by atoms with Gasteiger partial charge in [0.1, 0.15) is 0 Å². The minimum Gasteiger partial charge on any atom is -0.472 e. The second-order valence-corrected chi connectivity index (χ2v) is 3.88. The molecule has 0 spiro atoms. The van der Waals surface area contributed by atoms with Gasteiger partial charge in [0.25, 0.3) is 0 Å². The molecular formula is C12H20N2O3. The summed E-state index contributed by atoms with van der Waals surface area (Å²) in [5.41, 5.74) is 0. The molecule has 5 heteroatoms. The molecule has 0 aromatic heterocycles. The van der Waals surface area contributed by atoms with E-state index in [1.807, 2.05) is 0 Å². The van der Waals surface area contributed by atoms with Crippen LogP contribution in [0.3, 0.4) is 0 Å². The molecule has 0 aliphatic heterocycles. The van der Waals surface area contributed by atoms with Crippen LogP contribution in [0.25, 0.3) is 0 Å². The summed E-state index contributed by atoms with van der Waals surface area (Å²) in [7, 11) is 1.79. The quantitative estimate of drug-likeness (QED) is 0.622. The molecule has 0 saturated heterocycles. The summed E-state index contributed by atoms with van der Waals surface area (Å²) in [5, 5.41) is 13.3. The highest BCUT2D eigenvalue weighted by molar-refractivity contribution is 5.85. The first-order chi connectivity index (χ1) is 8.10. The van der Waals surface area contributed by atoms with Gasteiger partial charge in [-0.05, 0) is 19.9 Å². The van der Waals surface area contributed by atoms with Gasteiger partial charge in [0, 0.05) is 12.0 Å². The monoisotopic (exact) mass is 240 g/mol. The van der Waals surface area contributed by atoms with Crippen molar-refractivity contribution in [2.24, 2.45) is 0 Å². The Morgan fingerprint density at radius 1 is 1.35 bits per heavy atom. The molecule has 0 unspecified atom stereocenters. The average molecular weight is 240 g/mol. The number of terminal acetylenes is 1. The Kier molecular flexibility index (Phi) is 8.79. The van der Waals surface area contributed by atoms with Gasteiger partial charge in [-0.25, -0.2) is 4.79 Å². The molecule has 0 heterocycles. The maximum absolute atomic E-state index is 11.1. The van der Waals surface area contributed by atoms with Crippen LogP contribution < -0.4 is 10.6 Å². The van der Waals surface area contributed by atoms with Crippen LogP contribution in [0.2, 0.25) is 0 Å². The molecule has 1 aliphatic rings. The first-order valence-electron chi connectivity index (χ1n) is 5.73. The summed E-state index contributed by atoms with van der Waals surface area (Å²) in [4.78, 5) is 20.3. The zero-order valence-electron chi connectivity index (χ0n) is 10.2. The van der Waals surface area contributed by atoms with E-state index in [0.29, 0.717) is 12.6 Å². The summed E-state index contributed by atoms with van der Waals surface area (Å²) < 4.78 is 0. The fourth-order valence-corrected chi connectivity index (χ4v) is 1.69. The first-order valence-corrected chi connectivity index (χ1v) is 5.73. The lowest BCUT2D eigenvalue weighted by Crippen LogP contribution is -2.40. The SMILES string of the molecule is C#CC(=O)O.CNCC(=O)NC1CCCCC1. The van der Waals surface area contributed by atoms with Crippen molar-refractivity contribution >= 4 is 11.9 Å². The summed E-state index contributed by atoms with van der Waals surface area (Å²) in [6, 6.07) is 0.444. The second-order valence-electron chi connectivity index (χ2n) is 3.88. The number of hydrogen-bond acceptors (Lipinski definition) is 3. The summed E-state index contributed by atoms with van der Waals surface area (Å²) in [6.07, 6.45) is 10.5. The molecule has 0 atom stereocenters. The molecule has 17 heavy (non-hydrogen) atoms. The molecule has 1 rings (SSSR count). The van der Waals surface area contributed by atoms with E-state index in [4.69, 9.17) is 9.90 Å². The number of rotatable bonds is 3. The van der Waals surface area contributed by atoms with Crippen LogP contribution in [0.15, 0.2) is 0 Å². The lowest BCUT2D eigenvalue weighted by Gasteiger charge is -2.22. The number of carbonyl (C=O) groups is 2. The molecule has 1 saturated carbocycles. The highest BCUT2D eigenvalue weighted by Crippen LogP contribution is 2.16. The number of amides is 1. The largest absolute Gasteiger partial charge is 0.472 e. The number of hydrogen-bond donors (Lipinski definition) is 3. The molecule has 96 valence electrons. The average Bonchev–Trinajstić information content (AvgIpc) is 2.31. The van der Waals surface area contributed by atoms with Crippen molar-refractivity contribution in [2.75, 3.05) is 13.6 Å². The molecule has 1 amide bonds. The minimum atomic E-state index is -1.22.